The molecule has 0 fully saturated rings. The molecule has 26 heavy (non-hydrogen) atoms. The van der Waals surface area contributed by atoms with Crippen LogP contribution in [0, 0.1) is 0 Å². The van der Waals surface area contributed by atoms with Crippen molar-refractivity contribution in [3.05, 3.63) is 59.2 Å². The minimum absolute atomic E-state index is 0.0464. The Morgan fingerprint density at radius 2 is 1.77 bits per heavy atom. The molecule has 4 heteroatoms. The van der Waals surface area contributed by atoms with E-state index >= 15 is 0 Å². The molecular formula is C22H27NO3. The second kappa shape index (κ2) is 7.65. The lowest BCUT2D eigenvalue weighted by Crippen LogP contribution is -2.13. The number of allylic oxidation sites excluding steroid dienone is 1. The van der Waals surface area contributed by atoms with Gasteiger partial charge in [-0.25, -0.2) is 0 Å². The van der Waals surface area contributed by atoms with Crippen LogP contribution >= 0.6 is 0 Å². The van der Waals surface area contributed by atoms with Gasteiger partial charge in [0, 0.05) is 28.4 Å². The predicted molar refractivity (Wildman–Crippen MR) is 107 cm³/mol. The summed E-state index contributed by atoms with van der Waals surface area (Å²) in [5.74, 6) is 0.618. The zero-order chi connectivity index (χ0) is 19.5. The summed E-state index contributed by atoms with van der Waals surface area (Å²) in [5.41, 5.74) is 8.17. The normalized spacial score (nSPS) is 11.9. The Labute approximate surface area is 155 Å². The Kier molecular flexibility index (Phi) is 5.76. The van der Waals surface area contributed by atoms with Gasteiger partial charge in [0.1, 0.15) is 11.5 Å². The number of nitrogen functional groups attached to an aromatic ring is 1. The third kappa shape index (κ3) is 4.88. The van der Waals surface area contributed by atoms with E-state index in [1.807, 2.05) is 40.7 Å². The molecule has 0 aliphatic rings. The fraction of sp³-hybridized carbons (Fsp3) is 0.318. The number of phenols is 1. The molecule has 0 atom stereocenters. The van der Waals surface area contributed by atoms with E-state index in [0.717, 1.165) is 11.1 Å². The summed E-state index contributed by atoms with van der Waals surface area (Å²) in [6, 6.07) is 10.3. The fourth-order valence-corrected chi connectivity index (χ4v) is 2.58. The van der Waals surface area contributed by atoms with Crippen LogP contribution in [0.3, 0.4) is 0 Å². The lowest BCUT2D eigenvalue weighted by molar-refractivity contribution is 0.104. The Morgan fingerprint density at radius 1 is 1.15 bits per heavy atom. The van der Waals surface area contributed by atoms with Gasteiger partial charge >= 0.3 is 0 Å². The van der Waals surface area contributed by atoms with Gasteiger partial charge < -0.3 is 15.6 Å². The summed E-state index contributed by atoms with van der Waals surface area (Å²) < 4.78 is 5.81. The second-order valence-corrected chi connectivity index (χ2v) is 7.64. The van der Waals surface area contributed by atoms with Crippen molar-refractivity contribution in [2.75, 3.05) is 5.73 Å². The number of nitrogens with two attached hydrogens (primary N) is 1. The zero-order valence-corrected chi connectivity index (χ0v) is 16.0. The summed E-state index contributed by atoms with van der Waals surface area (Å²) in [6.45, 7) is 9.91. The quantitative estimate of drug-likeness (QED) is 0.453. The number of ether oxygens (including phenoxy) is 1. The van der Waals surface area contributed by atoms with Crippen molar-refractivity contribution < 1.29 is 14.6 Å². The number of hydrogen-bond acceptors (Lipinski definition) is 4. The molecule has 0 amide bonds. The van der Waals surface area contributed by atoms with Gasteiger partial charge in [-0.1, -0.05) is 20.8 Å². The minimum Gasteiger partial charge on any atom is -0.508 e. The fourth-order valence-electron chi connectivity index (χ4n) is 2.58. The van der Waals surface area contributed by atoms with E-state index < -0.39 is 0 Å². The molecule has 0 unspecified atom stereocenters. The van der Waals surface area contributed by atoms with Crippen LogP contribution in [0.25, 0.3) is 6.08 Å². The largest absolute Gasteiger partial charge is 0.508 e. The highest BCUT2D eigenvalue weighted by Gasteiger charge is 2.20. The summed E-state index contributed by atoms with van der Waals surface area (Å²) in [4.78, 5) is 12.4. The van der Waals surface area contributed by atoms with Gasteiger partial charge in [-0.2, -0.15) is 0 Å². The number of anilines is 1. The molecule has 2 aromatic rings. The van der Waals surface area contributed by atoms with Gasteiger partial charge in [-0.15, -0.1) is 0 Å². The zero-order valence-electron chi connectivity index (χ0n) is 16.0. The van der Waals surface area contributed by atoms with Gasteiger partial charge in [-0.05, 0) is 61.7 Å². The molecule has 0 saturated carbocycles. The molecule has 138 valence electrons. The number of hydrogen-bond donors (Lipinski definition) is 2. The topological polar surface area (TPSA) is 72.5 Å². The summed E-state index contributed by atoms with van der Waals surface area (Å²) >= 11 is 0. The molecule has 0 heterocycles. The van der Waals surface area contributed by atoms with Crippen molar-refractivity contribution in [1.82, 2.24) is 0 Å². The standard InChI is InChI=1S/C22H27NO3/c1-14(2)26-21-13-20(25)18(22(3,4)5)12-16(21)8-11-19(24)15-6-9-17(23)10-7-15/h6-14,25H,23H2,1-5H3/b11-8+. The van der Waals surface area contributed by atoms with E-state index in [4.69, 9.17) is 10.5 Å². The number of aromatic hydroxyl groups is 1. The average molecular weight is 353 g/mol. The first kappa shape index (κ1) is 19.6. The van der Waals surface area contributed by atoms with Crippen molar-refractivity contribution in [3.8, 4) is 11.5 Å². The van der Waals surface area contributed by atoms with Crippen LogP contribution in [0.15, 0.2) is 42.5 Å². The summed E-state index contributed by atoms with van der Waals surface area (Å²) in [7, 11) is 0. The van der Waals surface area contributed by atoms with Gasteiger partial charge in [0.2, 0.25) is 0 Å². The molecule has 0 aliphatic carbocycles. The summed E-state index contributed by atoms with van der Waals surface area (Å²) in [6.07, 6.45) is 3.19. The molecule has 0 bridgehead atoms. The van der Waals surface area contributed by atoms with Crippen LogP contribution in [-0.4, -0.2) is 17.0 Å². The molecule has 0 spiro atoms. The lowest BCUT2D eigenvalue weighted by atomic mass is 9.85. The number of carbonyl (C=O) groups is 1. The third-order valence-electron chi connectivity index (χ3n) is 3.91. The van der Waals surface area contributed by atoms with Gasteiger partial charge in [0.15, 0.2) is 5.78 Å². The first-order valence-corrected chi connectivity index (χ1v) is 8.70. The maximum Gasteiger partial charge on any atom is 0.185 e. The van der Waals surface area contributed by atoms with Crippen LogP contribution < -0.4 is 10.5 Å². The second-order valence-electron chi connectivity index (χ2n) is 7.64. The van der Waals surface area contributed by atoms with E-state index in [-0.39, 0.29) is 23.1 Å². The van der Waals surface area contributed by atoms with Crippen molar-refractivity contribution in [2.45, 2.75) is 46.1 Å². The number of rotatable bonds is 5. The van der Waals surface area contributed by atoms with Gasteiger partial charge in [0.25, 0.3) is 0 Å². The first-order chi connectivity index (χ1) is 12.1. The van der Waals surface area contributed by atoms with E-state index in [2.05, 4.69) is 0 Å². The van der Waals surface area contributed by atoms with E-state index in [1.165, 1.54) is 6.08 Å². The monoisotopic (exact) mass is 353 g/mol. The highest BCUT2D eigenvalue weighted by atomic mass is 16.5. The first-order valence-electron chi connectivity index (χ1n) is 8.70. The Balaban J connectivity index is 2.41. The number of benzene rings is 2. The van der Waals surface area contributed by atoms with Crippen molar-refractivity contribution >= 4 is 17.5 Å². The highest BCUT2D eigenvalue weighted by molar-refractivity contribution is 6.07. The van der Waals surface area contributed by atoms with Crippen molar-refractivity contribution in [1.29, 1.82) is 0 Å². The minimum atomic E-state index is -0.232. The SMILES string of the molecule is CC(C)Oc1cc(O)c(C(C)(C)C)cc1/C=C/C(=O)c1ccc(N)cc1. The average Bonchev–Trinajstić information content (AvgIpc) is 2.52. The molecule has 0 radical (unpaired) electrons. The van der Waals surface area contributed by atoms with Crippen LogP contribution in [-0.2, 0) is 5.41 Å². The molecule has 0 saturated heterocycles. The Bertz CT molecular complexity index is 813. The number of carbonyl (C=O) groups excluding carboxylic acids is 1. The highest BCUT2D eigenvalue weighted by Crippen LogP contribution is 2.37. The summed E-state index contributed by atoms with van der Waals surface area (Å²) in [5, 5.41) is 10.4. The smallest absolute Gasteiger partial charge is 0.185 e. The van der Waals surface area contributed by atoms with Gasteiger partial charge in [-0.3, -0.25) is 4.79 Å². The van der Waals surface area contributed by atoms with Crippen LogP contribution in [0.2, 0.25) is 0 Å². The van der Waals surface area contributed by atoms with Crippen LogP contribution in [0.5, 0.6) is 11.5 Å². The number of phenolic OH excluding ortho intramolecular Hbond substituents is 1. The molecule has 2 aromatic carbocycles. The molecule has 3 N–H and O–H groups in total. The Morgan fingerprint density at radius 3 is 2.31 bits per heavy atom. The number of ketones is 1. The maximum absolute atomic E-state index is 12.4. The molecular weight excluding hydrogens is 326 g/mol. The van der Waals surface area contributed by atoms with E-state index in [1.54, 1.807) is 36.4 Å². The van der Waals surface area contributed by atoms with Crippen molar-refractivity contribution in [3.63, 3.8) is 0 Å². The molecule has 0 aliphatic heterocycles. The lowest BCUT2D eigenvalue weighted by Gasteiger charge is -2.23. The Hall–Kier alpha value is -2.75. The van der Waals surface area contributed by atoms with E-state index in [9.17, 15) is 9.90 Å². The third-order valence-corrected chi connectivity index (χ3v) is 3.91. The van der Waals surface area contributed by atoms with Gasteiger partial charge in [0.05, 0.1) is 6.10 Å². The molecule has 2 rings (SSSR count). The molecule has 4 nitrogen and oxygen atoms in total. The van der Waals surface area contributed by atoms with Crippen molar-refractivity contribution in [2.24, 2.45) is 0 Å². The molecule has 0 aromatic heterocycles. The predicted octanol–water partition coefficient (Wildman–Crippen LogP) is 4.96. The van der Waals surface area contributed by atoms with E-state index in [0.29, 0.717) is 17.0 Å². The maximum atomic E-state index is 12.4. The van der Waals surface area contributed by atoms with Crippen LogP contribution in [0.4, 0.5) is 5.69 Å². The van der Waals surface area contributed by atoms with Crippen LogP contribution in [0.1, 0.15) is 56.1 Å².